The summed E-state index contributed by atoms with van der Waals surface area (Å²) >= 11 is 1.71. The maximum atomic E-state index is 12.5. The summed E-state index contributed by atoms with van der Waals surface area (Å²) in [7, 11) is 0. The molecule has 0 fully saturated rings. The second-order valence-electron chi connectivity index (χ2n) is 6.93. The molecular formula is C19H31NO3S. The number of thioether (sulfide) groups is 1. The number of aliphatic hydroxyl groups excluding tert-OH is 1. The maximum absolute atomic E-state index is 12.5. The van der Waals surface area contributed by atoms with Crippen LogP contribution < -0.4 is 0 Å². The van der Waals surface area contributed by atoms with Crippen molar-refractivity contribution in [3.63, 3.8) is 0 Å². The number of hydrogen-bond donors (Lipinski definition) is 1. The Morgan fingerprint density at radius 1 is 1.25 bits per heavy atom. The molecule has 4 nitrogen and oxygen atoms in total. The van der Waals surface area contributed by atoms with Crippen molar-refractivity contribution in [1.29, 1.82) is 0 Å². The van der Waals surface area contributed by atoms with Crippen LogP contribution in [-0.2, 0) is 4.74 Å². The Hall–Kier alpha value is -1.20. The molecule has 1 unspecified atom stereocenters. The monoisotopic (exact) mass is 353 g/mol. The van der Waals surface area contributed by atoms with Crippen molar-refractivity contribution < 1.29 is 14.6 Å². The minimum Gasteiger partial charge on any atom is -0.444 e. The van der Waals surface area contributed by atoms with E-state index in [1.165, 1.54) is 5.56 Å². The Bertz CT molecular complexity index is 473. The third-order valence-corrected chi connectivity index (χ3v) is 4.52. The molecule has 1 amide bonds. The lowest BCUT2D eigenvalue weighted by Crippen LogP contribution is -2.39. The van der Waals surface area contributed by atoms with Gasteiger partial charge in [-0.15, -0.1) is 0 Å². The molecule has 24 heavy (non-hydrogen) atoms. The zero-order valence-electron chi connectivity index (χ0n) is 15.3. The molecule has 1 aromatic rings. The highest BCUT2D eigenvalue weighted by atomic mass is 32.2. The summed E-state index contributed by atoms with van der Waals surface area (Å²) < 4.78 is 5.55. The van der Waals surface area contributed by atoms with E-state index in [2.05, 4.69) is 19.1 Å². The molecule has 0 radical (unpaired) electrons. The van der Waals surface area contributed by atoms with Gasteiger partial charge in [0, 0.05) is 18.8 Å². The van der Waals surface area contributed by atoms with Crippen LogP contribution >= 0.6 is 11.8 Å². The molecule has 0 saturated heterocycles. The van der Waals surface area contributed by atoms with Gasteiger partial charge in [0.2, 0.25) is 0 Å². The quantitative estimate of drug-likeness (QED) is 0.678. The molecule has 0 aliphatic carbocycles. The highest BCUT2D eigenvalue weighted by Gasteiger charge is 2.23. The first-order valence-electron chi connectivity index (χ1n) is 8.55. The van der Waals surface area contributed by atoms with Gasteiger partial charge in [0.05, 0.1) is 6.61 Å². The van der Waals surface area contributed by atoms with E-state index in [9.17, 15) is 4.79 Å². The first-order chi connectivity index (χ1) is 11.3. The summed E-state index contributed by atoms with van der Waals surface area (Å²) in [6.07, 6.45) is 0.642. The Kier molecular flexibility index (Phi) is 9.22. The van der Waals surface area contributed by atoms with Crippen LogP contribution in [0.2, 0.25) is 0 Å². The van der Waals surface area contributed by atoms with E-state index in [1.54, 1.807) is 11.8 Å². The Balaban J connectivity index is 2.63. The van der Waals surface area contributed by atoms with Gasteiger partial charge in [0.1, 0.15) is 5.60 Å². The molecule has 0 aliphatic heterocycles. The van der Waals surface area contributed by atoms with Crippen LogP contribution in [0.15, 0.2) is 30.3 Å². The lowest BCUT2D eigenvalue weighted by Gasteiger charge is -2.29. The molecule has 1 rings (SSSR count). The largest absolute Gasteiger partial charge is 0.444 e. The van der Waals surface area contributed by atoms with Crippen molar-refractivity contribution in [3.05, 3.63) is 35.9 Å². The summed E-state index contributed by atoms with van der Waals surface area (Å²) in [5.74, 6) is 1.93. The third-order valence-electron chi connectivity index (χ3n) is 3.47. The van der Waals surface area contributed by atoms with Crippen molar-refractivity contribution >= 4 is 17.9 Å². The van der Waals surface area contributed by atoms with Crippen LogP contribution in [-0.4, -0.2) is 52.9 Å². The molecule has 0 aliphatic rings. The molecule has 1 atom stereocenters. The summed E-state index contributed by atoms with van der Waals surface area (Å²) in [4.78, 5) is 14.3. The zero-order valence-corrected chi connectivity index (χ0v) is 16.1. The molecule has 1 N–H and O–H groups in total. The van der Waals surface area contributed by atoms with Crippen LogP contribution in [0.5, 0.6) is 0 Å². The Morgan fingerprint density at radius 2 is 1.92 bits per heavy atom. The van der Waals surface area contributed by atoms with Crippen LogP contribution in [0.3, 0.4) is 0 Å². The van der Waals surface area contributed by atoms with E-state index in [0.29, 0.717) is 13.1 Å². The van der Waals surface area contributed by atoms with Gasteiger partial charge in [-0.2, -0.15) is 11.8 Å². The molecule has 1 aromatic carbocycles. The number of nitrogens with zero attached hydrogens (tertiary/aromatic N) is 1. The van der Waals surface area contributed by atoms with Crippen molar-refractivity contribution in [2.24, 2.45) is 0 Å². The average Bonchev–Trinajstić information content (AvgIpc) is 2.52. The fourth-order valence-electron chi connectivity index (χ4n) is 2.33. The fraction of sp³-hybridized carbons (Fsp3) is 0.632. The number of hydrogen-bond acceptors (Lipinski definition) is 4. The second kappa shape index (κ2) is 10.6. The average molecular weight is 354 g/mol. The number of rotatable bonds is 9. The van der Waals surface area contributed by atoms with Gasteiger partial charge in [0.25, 0.3) is 0 Å². The molecule has 0 aromatic heterocycles. The zero-order chi connectivity index (χ0) is 18.0. The van der Waals surface area contributed by atoms with Gasteiger partial charge in [-0.25, -0.2) is 4.79 Å². The summed E-state index contributed by atoms with van der Waals surface area (Å²) in [6.45, 7) is 9.31. The van der Waals surface area contributed by atoms with E-state index < -0.39 is 5.60 Å². The van der Waals surface area contributed by atoms with Crippen LogP contribution in [0.25, 0.3) is 0 Å². The highest BCUT2D eigenvalue weighted by Crippen LogP contribution is 2.19. The smallest absolute Gasteiger partial charge is 0.410 e. The number of amides is 1. The van der Waals surface area contributed by atoms with Gasteiger partial charge in [-0.1, -0.05) is 37.3 Å². The van der Waals surface area contributed by atoms with Gasteiger partial charge in [-0.3, -0.25) is 0 Å². The number of carbonyl (C=O) groups is 1. The van der Waals surface area contributed by atoms with Crippen LogP contribution in [0.1, 0.15) is 45.6 Å². The van der Waals surface area contributed by atoms with E-state index in [0.717, 1.165) is 17.9 Å². The molecular weight excluding hydrogens is 322 g/mol. The lowest BCUT2D eigenvalue weighted by molar-refractivity contribution is 0.0241. The maximum Gasteiger partial charge on any atom is 0.410 e. The summed E-state index contributed by atoms with van der Waals surface area (Å²) in [5.41, 5.74) is 0.734. The number of benzene rings is 1. The second-order valence-corrected chi connectivity index (χ2v) is 8.15. The van der Waals surface area contributed by atoms with Gasteiger partial charge in [-0.05, 0) is 44.4 Å². The summed E-state index contributed by atoms with van der Waals surface area (Å²) in [5, 5.41) is 8.83. The lowest BCUT2D eigenvalue weighted by atomic mass is 10.0. The fourth-order valence-corrected chi connectivity index (χ4v) is 2.99. The van der Waals surface area contributed by atoms with E-state index in [4.69, 9.17) is 9.84 Å². The molecule has 5 heteroatoms. The van der Waals surface area contributed by atoms with Crippen molar-refractivity contribution in [2.75, 3.05) is 31.2 Å². The molecule has 0 bridgehead atoms. The predicted molar refractivity (Wildman–Crippen MR) is 102 cm³/mol. The first kappa shape index (κ1) is 20.8. The number of ether oxygens (including phenoxy) is 1. The predicted octanol–water partition coefficient (Wildman–Crippen LogP) is 4.14. The van der Waals surface area contributed by atoms with Gasteiger partial charge >= 0.3 is 6.09 Å². The van der Waals surface area contributed by atoms with E-state index in [1.807, 2.05) is 43.9 Å². The standard InChI is InChI=1S/C19H31NO3S/c1-16(17-9-6-5-7-10-17)15-20(11-8-13-24-14-12-21)18(22)23-19(2,3)4/h5-7,9-10,16,21H,8,11-15H2,1-4H3. The van der Waals surface area contributed by atoms with Crippen molar-refractivity contribution in [1.82, 2.24) is 4.90 Å². The molecule has 0 spiro atoms. The van der Waals surface area contributed by atoms with Crippen molar-refractivity contribution in [2.45, 2.75) is 45.6 Å². The third kappa shape index (κ3) is 8.60. The van der Waals surface area contributed by atoms with Gasteiger partial charge in [0.15, 0.2) is 0 Å². The Labute approximate surface area is 150 Å². The SMILES string of the molecule is CC(CN(CCCSCCO)C(=O)OC(C)(C)C)c1ccccc1. The number of aliphatic hydroxyl groups is 1. The summed E-state index contributed by atoms with van der Waals surface area (Å²) in [6, 6.07) is 10.2. The molecule has 0 heterocycles. The van der Waals surface area contributed by atoms with Crippen molar-refractivity contribution in [3.8, 4) is 0 Å². The minimum absolute atomic E-state index is 0.200. The topological polar surface area (TPSA) is 49.8 Å². The van der Waals surface area contributed by atoms with E-state index in [-0.39, 0.29) is 18.6 Å². The van der Waals surface area contributed by atoms with Gasteiger partial charge < -0.3 is 14.7 Å². The molecule has 0 saturated carbocycles. The van der Waals surface area contributed by atoms with E-state index >= 15 is 0 Å². The van der Waals surface area contributed by atoms with Crippen LogP contribution in [0.4, 0.5) is 4.79 Å². The first-order valence-corrected chi connectivity index (χ1v) is 9.70. The normalized spacial score (nSPS) is 12.7. The van der Waals surface area contributed by atoms with Crippen LogP contribution in [0, 0.1) is 0 Å². The minimum atomic E-state index is -0.489. The Morgan fingerprint density at radius 3 is 2.50 bits per heavy atom. The highest BCUT2D eigenvalue weighted by molar-refractivity contribution is 7.99. The number of carbonyl (C=O) groups excluding carboxylic acids is 1. The molecule has 136 valence electrons.